The normalized spacial score (nSPS) is 11.0. The van der Waals surface area contributed by atoms with Crippen molar-refractivity contribution in [2.75, 3.05) is 5.32 Å². The van der Waals surface area contributed by atoms with Crippen LogP contribution in [0.25, 0.3) is 21.6 Å². The summed E-state index contributed by atoms with van der Waals surface area (Å²) in [6.07, 6.45) is 4.31. The van der Waals surface area contributed by atoms with Gasteiger partial charge in [0.2, 0.25) is 0 Å². The first-order valence-corrected chi connectivity index (χ1v) is 9.29. The predicted octanol–water partition coefficient (Wildman–Crippen LogP) is 2.72. The van der Waals surface area contributed by atoms with Gasteiger partial charge in [0, 0.05) is 19.4 Å². The van der Waals surface area contributed by atoms with Gasteiger partial charge in [0.1, 0.15) is 11.2 Å². The number of aryl methyl sites for hydroxylation is 2. The van der Waals surface area contributed by atoms with Crippen LogP contribution < -0.4 is 10.9 Å². The van der Waals surface area contributed by atoms with Gasteiger partial charge >= 0.3 is 0 Å². The molecule has 0 saturated heterocycles. The minimum Gasteiger partial charge on any atom is -0.319 e. The van der Waals surface area contributed by atoms with Crippen LogP contribution in [0.15, 0.2) is 41.6 Å². The summed E-state index contributed by atoms with van der Waals surface area (Å²) in [5.74, 6) is 0.0937. The Bertz CT molecular complexity index is 1260. The monoisotopic (exact) mass is 392 g/mol. The molecule has 0 atom stereocenters. The van der Waals surface area contributed by atoms with Gasteiger partial charge in [0.15, 0.2) is 5.82 Å². The number of benzene rings is 1. The van der Waals surface area contributed by atoms with Crippen LogP contribution in [-0.2, 0) is 7.05 Å². The summed E-state index contributed by atoms with van der Waals surface area (Å²) in [4.78, 5) is 43.3. The summed E-state index contributed by atoms with van der Waals surface area (Å²) in [5, 5.41) is 4.10. The number of fused-ring (bicyclic) bond motifs is 1. The van der Waals surface area contributed by atoms with E-state index in [1.807, 2.05) is 13.8 Å². The second-order valence-electron chi connectivity index (χ2n) is 6.19. The zero-order chi connectivity index (χ0) is 19.8. The first-order valence-electron chi connectivity index (χ1n) is 8.47. The van der Waals surface area contributed by atoms with Crippen LogP contribution in [0.1, 0.15) is 21.2 Å². The quantitative estimate of drug-likeness (QED) is 0.575. The lowest BCUT2D eigenvalue weighted by atomic mass is 10.2. The second kappa shape index (κ2) is 6.93. The molecule has 0 bridgehead atoms. The third kappa shape index (κ3) is 3.05. The van der Waals surface area contributed by atoms with Gasteiger partial charge in [-0.05, 0) is 26.0 Å². The van der Waals surface area contributed by atoms with E-state index in [-0.39, 0.29) is 11.3 Å². The highest BCUT2D eigenvalue weighted by Gasteiger charge is 2.18. The molecule has 8 nitrogen and oxygen atoms in total. The molecule has 28 heavy (non-hydrogen) atoms. The number of para-hydroxylation sites is 1. The number of hydrogen-bond acceptors (Lipinski definition) is 7. The molecule has 3 aromatic heterocycles. The molecule has 3 heterocycles. The van der Waals surface area contributed by atoms with Crippen molar-refractivity contribution in [3.63, 3.8) is 0 Å². The Kier molecular flexibility index (Phi) is 4.44. The van der Waals surface area contributed by atoms with Crippen molar-refractivity contribution >= 4 is 33.8 Å². The zero-order valence-electron chi connectivity index (χ0n) is 15.4. The third-order valence-electron chi connectivity index (χ3n) is 4.26. The van der Waals surface area contributed by atoms with E-state index in [0.29, 0.717) is 22.4 Å². The van der Waals surface area contributed by atoms with E-state index in [0.717, 1.165) is 15.6 Å². The van der Waals surface area contributed by atoms with E-state index in [4.69, 9.17) is 4.98 Å². The fourth-order valence-corrected chi connectivity index (χ4v) is 3.88. The number of carbonyl (C=O) groups is 1. The minimum atomic E-state index is -0.422. The lowest BCUT2D eigenvalue weighted by molar-refractivity contribution is 0.102. The highest BCUT2D eigenvalue weighted by atomic mass is 32.1. The molecule has 0 saturated carbocycles. The number of thiazole rings is 1. The maximum absolute atomic E-state index is 12.9. The molecule has 0 radical (unpaired) electrons. The summed E-state index contributed by atoms with van der Waals surface area (Å²) in [6, 6.07) is 5.11. The number of amides is 1. The maximum atomic E-state index is 12.9. The molecule has 0 spiro atoms. The topological polar surface area (TPSA) is 103 Å². The van der Waals surface area contributed by atoms with Crippen LogP contribution in [0.2, 0.25) is 0 Å². The van der Waals surface area contributed by atoms with Gasteiger partial charge in [-0.1, -0.05) is 6.07 Å². The summed E-state index contributed by atoms with van der Waals surface area (Å²) in [5.41, 5.74) is 1.65. The van der Waals surface area contributed by atoms with Crippen molar-refractivity contribution in [3.05, 3.63) is 63.5 Å². The molecule has 0 aliphatic carbocycles. The molecular weight excluding hydrogens is 376 g/mol. The number of nitrogens with one attached hydrogen (secondary N) is 1. The number of carbonyl (C=O) groups excluding carboxylic acids is 1. The van der Waals surface area contributed by atoms with Crippen molar-refractivity contribution in [2.24, 2.45) is 7.05 Å². The third-order valence-corrected chi connectivity index (χ3v) is 5.33. The van der Waals surface area contributed by atoms with Gasteiger partial charge in [0.25, 0.3) is 11.5 Å². The second-order valence-corrected chi connectivity index (χ2v) is 7.40. The first-order chi connectivity index (χ1) is 13.5. The van der Waals surface area contributed by atoms with Crippen LogP contribution in [0.3, 0.4) is 0 Å². The Labute approximate surface area is 164 Å². The molecule has 1 aromatic carbocycles. The van der Waals surface area contributed by atoms with Gasteiger partial charge in [-0.3, -0.25) is 19.1 Å². The molecule has 0 fully saturated rings. The maximum Gasteiger partial charge on any atom is 0.275 e. The van der Waals surface area contributed by atoms with Crippen LogP contribution in [0.5, 0.6) is 0 Å². The standard InChI is InChI=1S/C19H16N6O2S/c1-10-16(28-11(2)22-10)17-24-15-12(19(27)25(17)3)5-4-6-13(15)23-18(26)14-9-20-7-8-21-14/h4-9H,1-3H3,(H,23,26). The molecule has 1 N–H and O–H groups in total. The van der Waals surface area contributed by atoms with Gasteiger partial charge in [-0.15, -0.1) is 11.3 Å². The van der Waals surface area contributed by atoms with Gasteiger partial charge in [-0.25, -0.2) is 15.0 Å². The van der Waals surface area contributed by atoms with E-state index in [1.165, 1.54) is 34.5 Å². The van der Waals surface area contributed by atoms with E-state index < -0.39 is 5.91 Å². The number of anilines is 1. The van der Waals surface area contributed by atoms with Crippen molar-refractivity contribution in [2.45, 2.75) is 13.8 Å². The lowest BCUT2D eigenvalue weighted by Crippen LogP contribution is -2.21. The first kappa shape index (κ1) is 17.9. The van der Waals surface area contributed by atoms with Gasteiger partial charge in [-0.2, -0.15) is 0 Å². The van der Waals surface area contributed by atoms with Crippen LogP contribution >= 0.6 is 11.3 Å². The van der Waals surface area contributed by atoms with E-state index in [1.54, 1.807) is 25.2 Å². The largest absolute Gasteiger partial charge is 0.319 e. The SMILES string of the molecule is Cc1nc(C)c(-c2nc3c(NC(=O)c4cnccn4)cccc3c(=O)n2C)s1. The molecule has 0 unspecified atom stereocenters. The van der Waals surface area contributed by atoms with Crippen molar-refractivity contribution in [1.29, 1.82) is 0 Å². The van der Waals surface area contributed by atoms with E-state index >= 15 is 0 Å². The van der Waals surface area contributed by atoms with Gasteiger partial charge < -0.3 is 5.32 Å². The van der Waals surface area contributed by atoms with E-state index in [2.05, 4.69) is 20.3 Å². The summed E-state index contributed by atoms with van der Waals surface area (Å²) in [7, 11) is 1.68. The molecule has 9 heteroatoms. The highest BCUT2D eigenvalue weighted by molar-refractivity contribution is 7.15. The van der Waals surface area contributed by atoms with Crippen LogP contribution in [-0.4, -0.2) is 30.4 Å². The molecule has 4 rings (SSSR count). The summed E-state index contributed by atoms with van der Waals surface area (Å²) >= 11 is 1.48. The number of aromatic nitrogens is 5. The Morgan fingerprint density at radius 2 is 2.00 bits per heavy atom. The Morgan fingerprint density at radius 3 is 2.68 bits per heavy atom. The van der Waals surface area contributed by atoms with Crippen molar-refractivity contribution in [3.8, 4) is 10.7 Å². The number of hydrogen-bond donors (Lipinski definition) is 1. The fraction of sp³-hybridized carbons (Fsp3) is 0.158. The van der Waals surface area contributed by atoms with Crippen LogP contribution in [0.4, 0.5) is 5.69 Å². The average Bonchev–Trinajstić information content (AvgIpc) is 3.03. The Balaban J connectivity index is 1.88. The molecule has 140 valence electrons. The fourth-order valence-electron chi connectivity index (χ4n) is 2.94. The lowest BCUT2D eigenvalue weighted by Gasteiger charge is -2.12. The minimum absolute atomic E-state index is 0.178. The molecule has 1 amide bonds. The number of nitrogens with zero attached hydrogens (tertiary/aromatic N) is 5. The highest BCUT2D eigenvalue weighted by Crippen LogP contribution is 2.29. The predicted molar refractivity (Wildman–Crippen MR) is 108 cm³/mol. The smallest absolute Gasteiger partial charge is 0.275 e. The zero-order valence-corrected chi connectivity index (χ0v) is 16.2. The molecular formula is C19H16N6O2S. The van der Waals surface area contributed by atoms with Crippen molar-refractivity contribution in [1.82, 2.24) is 24.5 Å². The Hall–Kier alpha value is -3.46. The average molecular weight is 392 g/mol. The van der Waals surface area contributed by atoms with Crippen LogP contribution in [0, 0.1) is 13.8 Å². The van der Waals surface area contributed by atoms with Crippen molar-refractivity contribution < 1.29 is 4.79 Å². The number of rotatable bonds is 3. The Morgan fingerprint density at radius 1 is 1.18 bits per heavy atom. The molecule has 4 aromatic rings. The van der Waals surface area contributed by atoms with Gasteiger partial charge in [0.05, 0.1) is 32.8 Å². The summed E-state index contributed by atoms with van der Waals surface area (Å²) in [6.45, 7) is 3.80. The molecule has 0 aliphatic heterocycles. The molecule has 0 aliphatic rings. The van der Waals surface area contributed by atoms with E-state index in [9.17, 15) is 9.59 Å². The summed E-state index contributed by atoms with van der Waals surface area (Å²) < 4.78 is 1.51.